The number of unbranched alkanes of at least 4 members (excludes halogenated alkanes) is 2. The third-order valence-electron chi connectivity index (χ3n) is 8.02. The van der Waals surface area contributed by atoms with Gasteiger partial charge in [0, 0.05) is 13.2 Å². The molecular formula is C22H40ClNO5. The van der Waals surface area contributed by atoms with Crippen LogP contribution in [-0.4, -0.2) is 82.6 Å². The molecule has 4 bridgehead atoms. The second kappa shape index (κ2) is 10.1. The minimum absolute atomic E-state index is 0. The van der Waals surface area contributed by atoms with Crippen LogP contribution < -0.4 is 0 Å². The number of aliphatic hydroxyl groups is 4. The number of aliphatic hydroxyl groups excluding tert-OH is 4. The van der Waals surface area contributed by atoms with E-state index >= 15 is 0 Å². The van der Waals surface area contributed by atoms with E-state index in [1.54, 1.807) is 0 Å². The Morgan fingerprint density at radius 3 is 2.07 bits per heavy atom. The molecular weight excluding hydrogens is 394 g/mol. The molecule has 0 aromatic rings. The van der Waals surface area contributed by atoms with E-state index in [1.165, 1.54) is 38.5 Å². The zero-order valence-electron chi connectivity index (χ0n) is 17.5. The number of halogens is 1. The third-order valence-corrected chi connectivity index (χ3v) is 8.02. The van der Waals surface area contributed by atoms with Crippen molar-refractivity contribution >= 4 is 12.4 Å². The van der Waals surface area contributed by atoms with Crippen molar-refractivity contribution in [2.24, 2.45) is 23.2 Å². The van der Waals surface area contributed by atoms with E-state index in [0.29, 0.717) is 18.5 Å². The van der Waals surface area contributed by atoms with E-state index < -0.39 is 24.4 Å². The van der Waals surface area contributed by atoms with Gasteiger partial charge in [0.2, 0.25) is 0 Å². The average molecular weight is 434 g/mol. The molecule has 6 nitrogen and oxygen atoms in total. The zero-order valence-corrected chi connectivity index (χ0v) is 18.3. The van der Waals surface area contributed by atoms with Crippen LogP contribution in [0.5, 0.6) is 0 Å². The van der Waals surface area contributed by atoms with Gasteiger partial charge >= 0.3 is 0 Å². The second-order valence-electron chi connectivity index (χ2n) is 10.3. The Hall–Kier alpha value is 0.0500. The lowest BCUT2D eigenvalue weighted by atomic mass is 9.50. The first-order chi connectivity index (χ1) is 13.5. The lowest BCUT2D eigenvalue weighted by molar-refractivity contribution is -0.145. The molecule has 0 aromatic heterocycles. The Kier molecular flexibility index (Phi) is 8.27. The Morgan fingerprint density at radius 1 is 0.862 bits per heavy atom. The normalized spacial score (nSPS) is 44.1. The van der Waals surface area contributed by atoms with Crippen molar-refractivity contribution in [3.05, 3.63) is 0 Å². The Labute approximate surface area is 181 Å². The molecule has 0 unspecified atom stereocenters. The van der Waals surface area contributed by atoms with Crippen molar-refractivity contribution in [1.82, 2.24) is 4.90 Å². The molecule has 1 aliphatic heterocycles. The average Bonchev–Trinajstić information content (AvgIpc) is 2.64. The number of β-amino-alcohol motifs (C(OH)–C–C–N with tert-alkyl or cyclic N) is 1. The molecule has 4 atom stereocenters. The molecule has 0 radical (unpaired) electrons. The van der Waals surface area contributed by atoms with Crippen LogP contribution in [0.4, 0.5) is 0 Å². The quantitative estimate of drug-likeness (QED) is 0.412. The molecule has 29 heavy (non-hydrogen) atoms. The Balaban J connectivity index is 0.00000240. The molecule has 5 fully saturated rings. The summed E-state index contributed by atoms with van der Waals surface area (Å²) in [5, 5.41) is 39.2. The lowest BCUT2D eigenvalue weighted by Gasteiger charge is -2.56. The molecule has 5 rings (SSSR count). The molecule has 0 aromatic carbocycles. The predicted octanol–water partition coefficient (Wildman–Crippen LogP) is 1.57. The molecule has 7 heteroatoms. The number of rotatable bonds is 9. The maximum atomic E-state index is 10.0. The fourth-order valence-corrected chi connectivity index (χ4v) is 7.09. The number of likely N-dealkylation sites (tertiary alicyclic amines) is 1. The highest BCUT2D eigenvalue weighted by Gasteiger charge is 2.50. The van der Waals surface area contributed by atoms with E-state index in [0.717, 1.165) is 50.2 Å². The number of ether oxygens (including phenoxy) is 1. The van der Waals surface area contributed by atoms with Crippen LogP contribution in [0.2, 0.25) is 0 Å². The second-order valence-corrected chi connectivity index (χ2v) is 10.3. The summed E-state index contributed by atoms with van der Waals surface area (Å²) in [4.78, 5) is 1.90. The number of hydrogen-bond acceptors (Lipinski definition) is 6. The maximum absolute atomic E-state index is 10.0. The van der Waals surface area contributed by atoms with E-state index in [4.69, 9.17) is 4.74 Å². The van der Waals surface area contributed by atoms with Crippen LogP contribution in [0.25, 0.3) is 0 Å². The molecule has 1 saturated heterocycles. The maximum Gasteiger partial charge on any atom is 0.109 e. The summed E-state index contributed by atoms with van der Waals surface area (Å²) in [6.45, 7) is 2.56. The highest BCUT2D eigenvalue weighted by Crippen LogP contribution is 2.60. The van der Waals surface area contributed by atoms with Crippen molar-refractivity contribution in [3.8, 4) is 0 Å². The van der Waals surface area contributed by atoms with Gasteiger partial charge in [-0.2, -0.15) is 0 Å². The molecule has 0 amide bonds. The first-order valence-electron chi connectivity index (χ1n) is 11.5. The smallest absolute Gasteiger partial charge is 0.109 e. The van der Waals surface area contributed by atoms with Gasteiger partial charge in [0.15, 0.2) is 0 Å². The minimum atomic E-state index is -1.17. The van der Waals surface area contributed by atoms with Gasteiger partial charge in [0.25, 0.3) is 0 Å². The fourth-order valence-electron chi connectivity index (χ4n) is 7.09. The molecule has 0 spiro atoms. The minimum Gasteiger partial charge on any atom is -0.395 e. The largest absolute Gasteiger partial charge is 0.395 e. The molecule has 170 valence electrons. The molecule has 4 N–H and O–H groups in total. The van der Waals surface area contributed by atoms with Gasteiger partial charge in [-0.1, -0.05) is 0 Å². The van der Waals surface area contributed by atoms with Crippen LogP contribution >= 0.6 is 12.4 Å². The van der Waals surface area contributed by atoms with Crippen LogP contribution in [0.15, 0.2) is 0 Å². The first-order valence-corrected chi connectivity index (χ1v) is 11.5. The first kappa shape index (κ1) is 23.7. The fraction of sp³-hybridized carbons (Fsp3) is 1.00. The summed E-state index contributed by atoms with van der Waals surface area (Å²) in [6, 6.07) is -0.495. The molecule has 4 aliphatic carbocycles. The number of piperidine rings is 1. The van der Waals surface area contributed by atoms with Crippen molar-refractivity contribution < 1.29 is 25.2 Å². The Morgan fingerprint density at radius 2 is 1.48 bits per heavy atom. The Bertz CT molecular complexity index is 486. The van der Waals surface area contributed by atoms with Crippen molar-refractivity contribution in [2.75, 3.05) is 32.9 Å². The lowest BCUT2D eigenvalue weighted by Crippen LogP contribution is -2.62. The molecule has 4 saturated carbocycles. The zero-order chi connectivity index (χ0) is 19.7. The van der Waals surface area contributed by atoms with Gasteiger partial charge in [0.1, 0.15) is 12.2 Å². The van der Waals surface area contributed by atoms with E-state index in [1.807, 2.05) is 4.90 Å². The predicted molar refractivity (Wildman–Crippen MR) is 113 cm³/mol. The monoisotopic (exact) mass is 433 g/mol. The highest BCUT2D eigenvalue weighted by atomic mass is 35.5. The van der Waals surface area contributed by atoms with Gasteiger partial charge in [-0.25, -0.2) is 0 Å². The van der Waals surface area contributed by atoms with Crippen molar-refractivity contribution in [2.45, 2.75) is 82.1 Å². The van der Waals surface area contributed by atoms with E-state index in [2.05, 4.69) is 0 Å². The molecule has 5 aliphatic rings. The summed E-state index contributed by atoms with van der Waals surface area (Å²) in [7, 11) is 0. The summed E-state index contributed by atoms with van der Waals surface area (Å²) in [6.07, 6.45) is 8.38. The summed E-state index contributed by atoms with van der Waals surface area (Å²) >= 11 is 0. The van der Waals surface area contributed by atoms with Crippen LogP contribution in [0.1, 0.15) is 57.8 Å². The van der Waals surface area contributed by atoms with E-state index in [-0.39, 0.29) is 19.0 Å². The van der Waals surface area contributed by atoms with Crippen LogP contribution in [0, 0.1) is 23.2 Å². The highest BCUT2D eigenvalue weighted by molar-refractivity contribution is 5.85. The van der Waals surface area contributed by atoms with Gasteiger partial charge in [-0.3, -0.25) is 4.90 Å². The van der Waals surface area contributed by atoms with Gasteiger partial charge in [-0.05, 0) is 87.5 Å². The SMILES string of the molecule is Cl.OC[C@@H]1[C@@H](O)[C@H](O)[C@@H](O)CN1CCCCCOCC12CC3CC(CC(C3)C1)C2. The summed E-state index contributed by atoms with van der Waals surface area (Å²) in [5.74, 6) is 2.93. The summed E-state index contributed by atoms with van der Waals surface area (Å²) < 4.78 is 6.13. The van der Waals surface area contributed by atoms with Crippen LogP contribution in [0.3, 0.4) is 0 Å². The third kappa shape index (κ3) is 5.28. The van der Waals surface area contributed by atoms with E-state index in [9.17, 15) is 20.4 Å². The number of hydrogen-bond donors (Lipinski definition) is 4. The van der Waals surface area contributed by atoms with Crippen molar-refractivity contribution in [1.29, 1.82) is 0 Å². The van der Waals surface area contributed by atoms with Crippen LogP contribution in [-0.2, 0) is 4.74 Å². The van der Waals surface area contributed by atoms with Gasteiger partial charge in [-0.15, -0.1) is 12.4 Å². The van der Waals surface area contributed by atoms with Gasteiger partial charge < -0.3 is 25.2 Å². The molecule has 1 heterocycles. The van der Waals surface area contributed by atoms with Crippen molar-refractivity contribution in [3.63, 3.8) is 0 Å². The number of nitrogens with zero attached hydrogens (tertiary/aromatic N) is 1. The summed E-state index contributed by atoms with van der Waals surface area (Å²) in [5.41, 5.74) is 0.490. The standard InChI is InChI=1S/C22H39NO5.ClH/c24-13-18-20(26)21(27)19(25)12-23(18)4-2-1-3-5-28-14-22-9-15-6-16(10-22)8-17(7-15)11-22;/h15-21,24-27H,1-14H2;1H/t15?,16?,17?,18-,19+,20-,21-,22?;/m1./s1. The topological polar surface area (TPSA) is 93.4 Å². The van der Waals surface area contributed by atoms with Gasteiger partial charge in [0.05, 0.1) is 25.4 Å².